The van der Waals surface area contributed by atoms with E-state index in [0.29, 0.717) is 34.4 Å². The van der Waals surface area contributed by atoms with Crippen LogP contribution in [0.5, 0.6) is 0 Å². The number of carbonyl (C=O) groups excluding carboxylic acids is 1. The van der Waals surface area contributed by atoms with Gasteiger partial charge < -0.3 is 4.74 Å². The second-order valence-corrected chi connectivity index (χ2v) is 11.3. The monoisotopic (exact) mass is 619 g/mol. The van der Waals surface area contributed by atoms with Crippen LogP contribution in [0.2, 0.25) is 5.02 Å². The van der Waals surface area contributed by atoms with E-state index in [1.165, 1.54) is 29.7 Å². The Morgan fingerprint density at radius 3 is 2.10 bits per heavy atom. The minimum absolute atomic E-state index is 0.0285. The lowest BCUT2D eigenvalue weighted by Gasteiger charge is -2.24. The van der Waals surface area contributed by atoms with Crippen LogP contribution in [0.1, 0.15) is 60.6 Å². The molecule has 1 heterocycles. The van der Waals surface area contributed by atoms with Crippen LogP contribution in [0.25, 0.3) is 11.1 Å². The van der Waals surface area contributed by atoms with E-state index in [9.17, 15) is 35.5 Å². The molecular weight excluding hydrogens is 595 g/mol. The number of carbonyl (C=O) groups is 1. The zero-order chi connectivity index (χ0) is 30.4. The maximum absolute atomic E-state index is 14.6. The number of hydrogen-bond acceptors (Lipinski definition) is 3. The van der Waals surface area contributed by atoms with E-state index in [0.717, 1.165) is 4.90 Å². The number of hydrogen-bond donors (Lipinski definition) is 0. The zero-order valence-corrected chi connectivity index (χ0v) is 23.8. The van der Waals surface area contributed by atoms with E-state index in [-0.39, 0.29) is 23.6 Å². The maximum atomic E-state index is 14.6. The van der Waals surface area contributed by atoms with Crippen molar-refractivity contribution in [3.8, 4) is 11.1 Å². The molecule has 0 unspecified atom stereocenters. The molecule has 0 spiro atoms. The first kappa shape index (κ1) is 31.0. The molecule has 1 aliphatic heterocycles. The molecule has 0 radical (unpaired) electrons. The van der Waals surface area contributed by atoms with Crippen molar-refractivity contribution in [1.82, 2.24) is 4.90 Å². The Hall–Kier alpha value is -2.92. The Morgan fingerprint density at radius 1 is 0.951 bits per heavy atom. The Morgan fingerprint density at radius 2 is 1.56 bits per heavy atom. The van der Waals surface area contributed by atoms with Gasteiger partial charge in [0.1, 0.15) is 11.9 Å². The van der Waals surface area contributed by atoms with E-state index in [2.05, 4.69) is 0 Å². The van der Waals surface area contributed by atoms with Crippen molar-refractivity contribution in [2.45, 2.75) is 62.6 Å². The number of thioether (sulfide) groups is 1. The topological polar surface area (TPSA) is 29.5 Å². The summed E-state index contributed by atoms with van der Waals surface area (Å²) in [6, 6.07) is 8.49. The first-order valence-corrected chi connectivity index (χ1v) is 14.0. The quantitative estimate of drug-likeness (QED) is 0.203. The van der Waals surface area contributed by atoms with Gasteiger partial charge in [-0.05, 0) is 83.8 Å². The predicted molar refractivity (Wildman–Crippen MR) is 143 cm³/mol. The van der Waals surface area contributed by atoms with Crippen LogP contribution >= 0.6 is 23.4 Å². The standard InChI is InChI=1S/C29H25ClF7NO2S/c1-14(2)22-11-23(24(30)12-25(22)31)21-6-5-20(41-4)9-17(21)13-38-15(3)26(40-27(38)39)16-7-18(28(32,33)34)10-19(8-16)29(35,36)37/h5-12,14-15,26H,13H2,1-4H3/t15-,26-/m0/s1. The van der Waals surface area contributed by atoms with Gasteiger partial charge in [-0.25, -0.2) is 9.18 Å². The Bertz CT molecular complexity index is 1440. The molecule has 4 rings (SSSR count). The van der Waals surface area contributed by atoms with Gasteiger partial charge in [0.25, 0.3) is 0 Å². The number of rotatable bonds is 6. The van der Waals surface area contributed by atoms with Crippen molar-refractivity contribution in [2.24, 2.45) is 0 Å². The van der Waals surface area contributed by atoms with E-state index in [4.69, 9.17) is 16.3 Å². The molecule has 0 N–H and O–H groups in total. The third-order valence-electron chi connectivity index (χ3n) is 6.98. The summed E-state index contributed by atoms with van der Waals surface area (Å²) < 4.78 is 101. The third-order valence-corrected chi connectivity index (χ3v) is 8.02. The van der Waals surface area contributed by atoms with Gasteiger partial charge in [-0.3, -0.25) is 4.90 Å². The molecule has 220 valence electrons. The molecule has 1 amide bonds. The average Bonchev–Trinajstić information content (AvgIpc) is 3.16. The number of cyclic esters (lactones) is 1. The molecule has 41 heavy (non-hydrogen) atoms. The molecule has 0 aliphatic carbocycles. The molecule has 1 fully saturated rings. The summed E-state index contributed by atoms with van der Waals surface area (Å²) in [7, 11) is 0. The smallest absolute Gasteiger partial charge is 0.416 e. The highest BCUT2D eigenvalue weighted by molar-refractivity contribution is 7.98. The van der Waals surface area contributed by atoms with Crippen LogP contribution in [-0.4, -0.2) is 23.3 Å². The van der Waals surface area contributed by atoms with Crippen molar-refractivity contribution in [3.05, 3.63) is 87.2 Å². The highest BCUT2D eigenvalue weighted by atomic mass is 35.5. The summed E-state index contributed by atoms with van der Waals surface area (Å²) in [4.78, 5) is 15.0. The molecule has 1 aliphatic rings. The largest absolute Gasteiger partial charge is 0.439 e. The number of halogens is 8. The van der Waals surface area contributed by atoms with Crippen LogP contribution in [0.4, 0.5) is 35.5 Å². The summed E-state index contributed by atoms with van der Waals surface area (Å²) in [6.07, 6.45) is -10.5. The lowest BCUT2D eigenvalue weighted by molar-refractivity contribution is -0.143. The van der Waals surface area contributed by atoms with Gasteiger partial charge >= 0.3 is 18.4 Å². The molecule has 0 saturated carbocycles. The fraction of sp³-hybridized carbons (Fsp3) is 0.345. The fourth-order valence-corrected chi connectivity index (χ4v) is 5.51. The SMILES string of the molecule is CSc1ccc(-c2cc(C(C)C)c(F)cc2Cl)c(CN2C(=O)O[C@H](c3cc(C(F)(F)F)cc(C(F)(F)F)c3)[C@@H]2C)c1. The van der Waals surface area contributed by atoms with Gasteiger partial charge in [-0.2, -0.15) is 26.3 Å². The number of amides is 1. The first-order valence-electron chi connectivity index (χ1n) is 12.4. The Kier molecular flexibility index (Phi) is 8.62. The van der Waals surface area contributed by atoms with Crippen LogP contribution in [-0.2, 0) is 23.6 Å². The number of ether oxygens (including phenoxy) is 1. The summed E-state index contributed by atoms with van der Waals surface area (Å²) in [5.41, 5.74) is -1.28. The second-order valence-electron chi connectivity index (χ2n) is 10.0. The van der Waals surface area contributed by atoms with E-state index < -0.39 is 53.1 Å². The molecule has 12 heteroatoms. The Labute approximate surface area is 241 Å². The third kappa shape index (κ3) is 6.45. The van der Waals surface area contributed by atoms with Gasteiger partial charge in [-0.15, -0.1) is 11.8 Å². The number of benzene rings is 3. The highest BCUT2D eigenvalue weighted by Crippen LogP contribution is 2.42. The van der Waals surface area contributed by atoms with Gasteiger partial charge in [0.05, 0.1) is 28.7 Å². The van der Waals surface area contributed by atoms with Crippen molar-refractivity contribution in [2.75, 3.05) is 6.26 Å². The summed E-state index contributed by atoms with van der Waals surface area (Å²) in [6.45, 7) is 5.06. The normalized spacial score (nSPS) is 17.9. The molecule has 2 atom stereocenters. The molecule has 3 nitrogen and oxygen atoms in total. The lowest BCUT2D eigenvalue weighted by Crippen LogP contribution is -2.31. The second kappa shape index (κ2) is 11.4. The van der Waals surface area contributed by atoms with E-state index in [1.807, 2.05) is 26.2 Å². The molecule has 0 bridgehead atoms. The molecule has 1 saturated heterocycles. The van der Waals surface area contributed by atoms with Crippen LogP contribution in [0.3, 0.4) is 0 Å². The molecule has 3 aromatic rings. The Balaban J connectivity index is 1.75. The van der Waals surface area contributed by atoms with Crippen molar-refractivity contribution >= 4 is 29.5 Å². The van der Waals surface area contributed by atoms with Crippen molar-refractivity contribution < 1.29 is 40.3 Å². The average molecular weight is 620 g/mol. The molecular formula is C29H25ClF7NO2S. The summed E-state index contributed by atoms with van der Waals surface area (Å²) >= 11 is 7.86. The maximum Gasteiger partial charge on any atom is 0.416 e. The van der Waals surface area contributed by atoms with E-state index >= 15 is 0 Å². The molecule has 0 aromatic heterocycles. The van der Waals surface area contributed by atoms with Gasteiger partial charge in [-0.1, -0.05) is 31.5 Å². The van der Waals surface area contributed by atoms with Crippen LogP contribution in [0.15, 0.2) is 53.4 Å². The zero-order valence-electron chi connectivity index (χ0n) is 22.3. The van der Waals surface area contributed by atoms with Gasteiger partial charge in [0.15, 0.2) is 0 Å². The number of alkyl halides is 6. The number of nitrogens with zero attached hydrogens (tertiary/aromatic N) is 1. The minimum atomic E-state index is -5.04. The molecule has 3 aromatic carbocycles. The van der Waals surface area contributed by atoms with Crippen molar-refractivity contribution in [1.29, 1.82) is 0 Å². The summed E-state index contributed by atoms with van der Waals surface area (Å²) in [5, 5.41) is 0.142. The summed E-state index contributed by atoms with van der Waals surface area (Å²) in [5.74, 6) is -0.613. The van der Waals surface area contributed by atoms with E-state index in [1.54, 1.807) is 18.2 Å². The van der Waals surface area contributed by atoms with Gasteiger partial charge in [0.2, 0.25) is 0 Å². The predicted octanol–water partition coefficient (Wildman–Crippen LogP) is 10.1. The lowest BCUT2D eigenvalue weighted by atomic mass is 9.93. The van der Waals surface area contributed by atoms with Crippen molar-refractivity contribution in [3.63, 3.8) is 0 Å². The minimum Gasteiger partial charge on any atom is -0.439 e. The first-order chi connectivity index (χ1) is 19.0. The van der Waals surface area contributed by atoms with Gasteiger partial charge in [0, 0.05) is 10.5 Å². The van der Waals surface area contributed by atoms with Crippen LogP contribution < -0.4 is 0 Å². The highest BCUT2D eigenvalue weighted by Gasteiger charge is 2.43. The fourth-order valence-electron chi connectivity index (χ4n) is 4.79. The van der Waals surface area contributed by atoms with Crippen LogP contribution in [0, 0.1) is 5.82 Å².